The van der Waals surface area contributed by atoms with E-state index in [2.05, 4.69) is 16.0 Å². The van der Waals surface area contributed by atoms with Crippen molar-refractivity contribution in [2.45, 2.75) is 18.7 Å². The van der Waals surface area contributed by atoms with Gasteiger partial charge >= 0.3 is 0 Å². The van der Waals surface area contributed by atoms with E-state index in [1.54, 1.807) is 72.8 Å². The van der Waals surface area contributed by atoms with Crippen molar-refractivity contribution in [3.63, 3.8) is 0 Å². The molecular formula is C34H32ClN3O5S. The lowest BCUT2D eigenvalue weighted by atomic mass is 10.1. The Morgan fingerprint density at radius 1 is 0.886 bits per heavy atom. The van der Waals surface area contributed by atoms with Crippen LogP contribution < -0.4 is 25.4 Å². The Kier molecular flexibility index (Phi) is 11.5. The summed E-state index contributed by atoms with van der Waals surface area (Å²) in [6.45, 7) is 4.16. The molecule has 3 amide bonds. The summed E-state index contributed by atoms with van der Waals surface area (Å²) < 4.78 is 11.0. The first kappa shape index (κ1) is 32.2. The van der Waals surface area contributed by atoms with E-state index in [9.17, 15) is 14.4 Å². The summed E-state index contributed by atoms with van der Waals surface area (Å²) in [6.07, 6.45) is 1.58. The van der Waals surface area contributed by atoms with Gasteiger partial charge in [0.1, 0.15) is 17.2 Å². The van der Waals surface area contributed by atoms with Gasteiger partial charge in [-0.25, -0.2) is 0 Å². The molecule has 0 heterocycles. The van der Waals surface area contributed by atoms with Gasteiger partial charge in [0.2, 0.25) is 5.91 Å². The molecule has 44 heavy (non-hydrogen) atoms. The number of nitrogens with one attached hydrogen (secondary N) is 3. The molecule has 4 aromatic carbocycles. The minimum atomic E-state index is -0.523. The molecule has 0 saturated carbocycles. The molecule has 0 spiro atoms. The van der Waals surface area contributed by atoms with Crippen molar-refractivity contribution in [2.24, 2.45) is 0 Å². The predicted octanol–water partition coefficient (Wildman–Crippen LogP) is 7.20. The Morgan fingerprint density at radius 3 is 2.39 bits per heavy atom. The van der Waals surface area contributed by atoms with Gasteiger partial charge in [-0.2, -0.15) is 0 Å². The van der Waals surface area contributed by atoms with Crippen LogP contribution in [0.5, 0.6) is 11.5 Å². The van der Waals surface area contributed by atoms with Crippen molar-refractivity contribution in [3.8, 4) is 11.5 Å². The maximum atomic E-state index is 13.5. The second-order valence-electron chi connectivity index (χ2n) is 9.47. The van der Waals surface area contributed by atoms with E-state index in [1.165, 1.54) is 18.9 Å². The van der Waals surface area contributed by atoms with Crippen LogP contribution in [-0.4, -0.2) is 37.2 Å². The van der Waals surface area contributed by atoms with Crippen LogP contribution in [0.2, 0.25) is 5.02 Å². The zero-order chi connectivity index (χ0) is 31.5. The molecule has 8 nitrogen and oxygen atoms in total. The van der Waals surface area contributed by atoms with Gasteiger partial charge in [0.05, 0.1) is 25.2 Å². The Morgan fingerprint density at radius 2 is 1.64 bits per heavy atom. The Balaban J connectivity index is 1.48. The standard InChI is InChI=1S/C34H32ClN3O5S/c1-4-43-30-16-9-8-13-24(30)18-29(38-33(40)23-11-6-5-7-12-23)34(41)36-25-14-10-15-26(19-25)44-21-32(39)37-28-17-22(2)27(35)20-31(28)42-3/h5-20H,4,21H2,1-3H3,(H,36,41)(H,37,39)(H,38,40)/b29-18+. The number of carbonyl (C=O) groups excluding carboxylic acids is 3. The average Bonchev–Trinajstić information content (AvgIpc) is 3.03. The summed E-state index contributed by atoms with van der Waals surface area (Å²) in [5.74, 6) is -0.0110. The van der Waals surface area contributed by atoms with Crippen LogP contribution in [0.4, 0.5) is 11.4 Å². The van der Waals surface area contributed by atoms with E-state index in [-0.39, 0.29) is 17.4 Å². The van der Waals surface area contributed by atoms with Crippen LogP contribution >= 0.6 is 23.4 Å². The second-order valence-corrected chi connectivity index (χ2v) is 10.9. The minimum absolute atomic E-state index is 0.0376. The molecule has 0 saturated heterocycles. The number of ether oxygens (including phenoxy) is 2. The number of hydrogen-bond acceptors (Lipinski definition) is 6. The molecule has 0 aliphatic carbocycles. The molecule has 0 atom stereocenters. The fraction of sp³-hybridized carbons (Fsp3) is 0.147. The van der Waals surface area contributed by atoms with Gasteiger partial charge in [-0.1, -0.05) is 54.1 Å². The molecule has 0 radical (unpaired) electrons. The predicted molar refractivity (Wildman–Crippen MR) is 177 cm³/mol. The topological polar surface area (TPSA) is 106 Å². The number of hydrogen-bond donors (Lipinski definition) is 3. The molecule has 0 fully saturated rings. The molecule has 4 aromatic rings. The molecule has 0 aliphatic rings. The lowest BCUT2D eigenvalue weighted by Gasteiger charge is -2.14. The fourth-order valence-electron chi connectivity index (χ4n) is 4.11. The number of benzene rings is 4. The highest BCUT2D eigenvalue weighted by atomic mass is 35.5. The van der Waals surface area contributed by atoms with Gasteiger partial charge in [0.15, 0.2) is 0 Å². The van der Waals surface area contributed by atoms with Gasteiger partial charge in [-0.15, -0.1) is 11.8 Å². The Labute approximate surface area is 265 Å². The summed E-state index contributed by atoms with van der Waals surface area (Å²) in [6, 6.07) is 26.4. The van der Waals surface area contributed by atoms with Crippen molar-refractivity contribution >= 4 is 58.5 Å². The highest BCUT2D eigenvalue weighted by Gasteiger charge is 2.17. The van der Waals surface area contributed by atoms with Crippen molar-refractivity contribution in [3.05, 3.63) is 118 Å². The largest absolute Gasteiger partial charge is 0.495 e. The fourth-order valence-corrected chi connectivity index (χ4v) is 5.02. The number of para-hydroxylation sites is 1. The summed E-state index contributed by atoms with van der Waals surface area (Å²) in [5.41, 5.74) is 2.92. The lowest BCUT2D eigenvalue weighted by Crippen LogP contribution is -2.30. The molecule has 10 heteroatoms. The molecule has 3 N–H and O–H groups in total. The maximum Gasteiger partial charge on any atom is 0.272 e. The molecule has 0 bridgehead atoms. The number of carbonyl (C=O) groups is 3. The molecule has 0 aromatic heterocycles. The van der Waals surface area contributed by atoms with E-state index < -0.39 is 11.8 Å². The van der Waals surface area contributed by atoms with E-state index in [0.717, 1.165) is 10.5 Å². The zero-order valence-electron chi connectivity index (χ0n) is 24.5. The maximum absolute atomic E-state index is 13.5. The third-order valence-electron chi connectivity index (χ3n) is 6.26. The SMILES string of the molecule is CCOc1ccccc1/C=C(/NC(=O)c1ccccc1)C(=O)Nc1cccc(SCC(=O)Nc2cc(C)c(Cl)cc2OC)c1. The number of thioether (sulfide) groups is 1. The van der Waals surface area contributed by atoms with Crippen LogP contribution in [0, 0.1) is 6.92 Å². The molecule has 0 unspecified atom stereocenters. The summed E-state index contributed by atoms with van der Waals surface area (Å²) in [5, 5.41) is 9.01. The third kappa shape index (κ3) is 8.89. The number of amides is 3. The minimum Gasteiger partial charge on any atom is -0.495 e. The van der Waals surface area contributed by atoms with Gasteiger partial charge in [0.25, 0.3) is 11.8 Å². The van der Waals surface area contributed by atoms with Crippen molar-refractivity contribution < 1.29 is 23.9 Å². The molecule has 226 valence electrons. The van der Waals surface area contributed by atoms with Gasteiger partial charge in [0, 0.05) is 32.8 Å². The number of rotatable bonds is 12. The number of aryl methyl sites for hydroxylation is 1. The summed E-state index contributed by atoms with van der Waals surface area (Å²) in [7, 11) is 1.51. The lowest BCUT2D eigenvalue weighted by molar-refractivity contribution is -0.114. The Bertz CT molecular complexity index is 1680. The van der Waals surface area contributed by atoms with Gasteiger partial charge in [-0.3, -0.25) is 14.4 Å². The quantitative estimate of drug-likeness (QED) is 0.113. The van der Waals surface area contributed by atoms with Crippen molar-refractivity contribution in [1.82, 2.24) is 5.32 Å². The number of anilines is 2. The highest BCUT2D eigenvalue weighted by molar-refractivity contribution is 8.00. The van der Waals surface area contributed by atoms with E-state index in [1.807, 2.05) is 38.1 Å². The first-order valence-corrected chi connectivity index (χ1v) is 15.1. The molecular weight excluding hydrogens is 598 g/mol. The van der Waals surface area contributed by atoms with Crippen LogP contribution in [0.15, 0.2) is 102 Å². The first-order chi connectivity index (χ1) is 21.3. The van der Waals surface area contributed by atoms with Gasteiger partial charge in [-0.05, 0) is 68.0 Å². The molecule has 4 rings (SSSR count). The third-order valence-corrected chi connectivity index (χ3v) is 7.67. The van der Waals surface area contributed by atoms with Gasteiger partial charge < -0.3 is 25.4 Å². The van der Waals surface area contributed by atoms with E-state index >= 15 is 0 Å². The van der Waals surface area contributed by atoms with Crippen molar-refractivity contribution in [2.75, 3.05) is 30.1 Å². The van der Waals surface area contributed by atoms with Crippen LogP contribution in [0.3, 0.4) is 0 Å². The monoisotopic (exact) mass is 629 g/mol. The second kappa shape index (κ2) is 15.7. The normalized spacial score (nSPS) is 11.0. The first-order valence-electron chi connectivity index (χ1n) is 13.8. The molecule has 0 aliphatic heterocycles. The average molecular weight is 630 g/mol. The van der Waals surface area contributed by atoms with Crippen LogP contribution in [0.25, 0.3) is 6.08 Å². The summed E-state index contributed by atoms with van der Waals surface area (Å²) in [4.78, 5) is 40.0. The number of methoxy groups -OCH3 is 1. The van der Waals surface area contributed by atoms with Crippen LogP contribution in [-0.2, 0) is 9.59 Å². The van der Waals surface area contributed by atoms with E-state index in [0.29, 0.717) is 45.6 Å². The summed E-state index contributed by atoms with van der Waals surface area (Å²) >= 11 is 7.47. The van der Waals surface area contributed by atoms with E-state index in [4.69, 9.17) is 21.1 Å². The highest BCUT2D eigenvalue weighted by Crippen LogP contribution is 2.31. The zero-order valence-corrected chi connectivity index (χ0v) is 26.1. The smallest absolute Gasteiger partial charge is 0.272 e. The van der Waals surface area contributed by atoms with Crippen LogP contribution in [0.1, 0.15) is 28.4 Å². The Hall–Kier alpha value is -4.73. The van der Waals surface area contributed by atoms with Crippen molar-refractivity contribution in [1.29, 1.82) is 0 Å². The number of halogens is 1.